The highest BCUT2D eigenvalue weighted by atomic mass is 35.5. The summed E-state index contributed by atoms with van der Waals surface area (Å²) >= 11 is 24.2. The smallest absolute Gasteiger partial charge is 0.350 e. The van der Waals surface area contributed by atoms with Crippen LogP contribution in [0.2, 0.25) is 20.1 Å². The minimum atomic E-state index is -0.678. The maximum atomic E-state index is 12.5. The van der Waals surface area contributed by atoms with Gasteiger partial charge in [0.1, 0.15) is 35.4 Å². The number of carbonyl (C=O) groups excluding carboxylic acids is 1. The second kappa shape index (κ2) is 15.3. The molecule has 0 N–H and O–H groups in total. The number of methoxy groups -OCH3 is 1. The van der Waals surface area contributed by atoms with Crippen molar-refractivity contribution in [3.05, 3.63) is 91.0 Å². The van der Waals surface area contributed by atoms with Crippen LogP contribution in [0.4, 0.5) is 0 Å². The molecule has 0 radical (unpaired) electrons. The van der Waals surface area contributed by atoms with Crippen LogP contribution in [-0.2, 0) is 22.5 Å². The molecule has 0 amide bonds. The van der Waals surface area contributed by atoms with E-state index >= 15 is 0 Å². The molecule has 13 heteroatoms. The minimum Gasteiger partial charge on any atom is -0.479 e. The summed E-state index contributed by atoms with van der Waals surface area (Å²) in [5.41, 5.74) is 0.229. The van der Waals surface area contributed by atoms with Gasteiger partial charge in [0.15, 0.2) is 6.10 Å². The molecule has 0 saturated carbocycles. The van der Waals surface area contributed by atoms with E-state index in [1.807, 2.05) is 0 Å². The Kier molecular flexibility index (Phi) is 11.5. The summed E-state index contributed by atoms with van der Waals surface area (Å²) in [7, 11) is 1.31. The molecule has 0 saturated heterocycles. The summed E-state index contributed by atoms with van der Waals surface area (Å²) in [5, 5.41) is 6.00. The first-order chi connectivity index (χ1) is 21.1. The predicted molar refractivity (Wildman–Crippen MR) is 170 cm³/mol. The Bertz CT molecular complexity index is 1730. The molecule has 1 aliphatic rings. The number of carbonyl (C=O) groups is 1. The number of ether oxygens (including phenoxy) is 4. The van der Waals surface area contributed by atoms with Gasteiger partial charge < -0.3 is 18.9 Å². The first-order valence-electron chi connectivity index (χ1n) is 13.3. The van der Waals surface area contributed by atoms with Gasteiger partial charge in [0.05, 0.1) is 27.9 Å². The van der Waals surface area contributed by atoms with E-state index in [1.54, 1.807) is 60.0 Å². The number of aryl methyl sites for hydroxylation is 1. The summed E-state index contributed by atoms with van der Waals surface area (Å²) in [6, 6.07) is 14.9. The molecule has 9 nitrogen and oxygen atoms in total. The third kappa shape index (κ3) is 8.21. The molecule has 0 fully saturated rings. The summed E-state index contributed by atoms with van der Waals surface area (Å²) in [5.74, 6) is 4.70. The van der Waals surface area contributed by atoms with Crippen molar-refractivity contribution >= 4 is 52.4 Å². The minimum absolute atomic E-state index is 0.0788. The fourth-order valence-electron chi connectivity index (χ4n) is 4.16. The molecular weight excluding hydrogens is 652 g/mol. The molecule has 1 atom stereocenters. The van der Waals surface area contributed by atoms with E-state index in [1.165, 1.54) is 17.9 Å². The highest BCUT2D eigenvalue weighted by molar-refractivity contribution is 6.36. The number of esters is 1. The molecule has 0 bridgehead atoms. The lowest BCUT2D eigenvalue weighted by atomic mass is 10.2. The average Bonchev–Trinajstić information content (AvgIpc) is 3.35. The maximum absolute atomic E-state index is 12.5. The van der Waals surface area contributed by atoms with Crippen molar-refractivity contribution in [3.8, 4) is 41.0 Å². The number of benzene rings is 3. The lowest BCUT2D eigenvalue weighted by molar-refractivity contribution is -0.147. The van der Waals surface area contributed by atoms with E-state index in [0.29, 0.717) is 55.3 Å². The van der Waals surface area contributed by atoms with Crippen LogP contribution in [0.25, 0.3) is 5.69 Å². The van der Waals surface area contributed by atoms with Gasteiger partial charge >= 0.3 is 11.7 Å². The highest BCUT2D eigenvalue weighted by Crippen LogP contribution is 2.33. The van der Waals surface area contributed by atoms with E-state index in [-0.39, 0.29) is 12.3 Å². The average molecular weight is 679 g/mol. The fourth-order valence-corrected chi connectivity index (χ4v) is 5.12. The Balaban J connectivity index is 0.000000201. The molecular formula is C31H27Cl4N3O6. The van der Waals surface area contributed by atoms with Crippen molar-refractivity contribution in [1.82, 2.24) is 14.3 Å². The summed E-state index contributed by atoms with van der Waals surface area (Å²) in [6.45, 7) is 2.37. The van der Waals surface area contributed by atoms with Gasteiger partial charge in [-0.05, 0) is 68.3 Å². The monoisotopic (exact) mass is 677 g/mol. The SMILES string of the molecule is C#CCOc1cc(-n2nc3n(c2=O)CCCC3)c(Cl)cc1Cl.COC(=O)C(C)Oc1ccc(Oc2ccc(Cl)cc2Cl)cc1. The number of terminal acetylenes is 1. The third-order valence-electron chi connectivity index (χ3n) is 6.30. The molecule has 44 heavy (non-hydrogen) atoms. The fraction of sp³-hybridized carbons (Fsp3) is 0.258. The number of aromatic nitrogens is 3. The Labute approximate surface area is 274 Å². The van der Waals surface area contributed by atoms with Crippen LogP contribution in [-0.4, -0.2) is 40.1 Å². The van der Waals surface area contributed by atoms with Gasteiger partial charge in [-0.1, -0.05) is 52.3 Å². The molecule has 1 aliphatic heterocycles. The Morgan fingerprint density at radius 2 is 1.68 bits per heavy atom. The zero-order valence-corrected chi connectivity index (χ0v) is 26.7. The first-order valence-corrected chi connectivity index (χ1v) is 14.8. The molecule has 4 aromatic rings. The number of hydrogen-bond donors (Lipinski definition) is 0. The summed E-state index contributed by atoms with van der Waals surface area (Å²) < 4.78 is 24.0. The van der Waals surface area contributed by atoms with Gasteiger partial charge in [0, 0.05) is 24.1 Å². The van der Waals surface area contributed by atoms with Crippen LogP contribution in [0.15, 0.2) is 59.4 Å². The van der Waals surface area contributed by atoms with E-state index in [2.05, 4.69) is 15.8 Å². The largest absolute Gasteiger partial charge is 0.479 e. The quantitative estimate of drug-likeness (QED) is 0.141. The number of hydrogen-bond acceptors (Lipinski definition) is 7. The lowest BCUT2D eigenvalue weighted by Crippen LogP contribution is -2.26. The number of fused-ring (bicyclic) bond motifs is 1. The van der Waals surface area contributed by atoms with Gasteiger partial charge in [0.2, 0.25) is 0 Å². The molecule has 0 aliphatic carbocycles. The molecule has 5 rings (SSSR count). The molecule has 230 valence electrons. The highest BCUT2D eigenvalue weighted by Gasteiger charge is 2.20. The number of halogens is 4. The maximum Gasteiger partial charge on any atom is 0.350 e. The zero-order chi connectivity index (χ0) is 31.8. The topological polar surface area (TPSA) is 93.8 Å². The van der Waals surface area contributed by atoms with Gasteiger partial charge in [-0.2, -0.15) is 4.68 Å². The van der Waals surface area contributed by atoms with Gasteiger partial charge in [-0.15, -0.1) is 11.5 Å². The molecule has 2 heterocycles. The molecule has 1 aromatic heterocycles. The van der Waals surface area contributed by atoms with Crippen LogP contribution in [0.5, 0.6) is 23.0 Å². The van der Waals surface area contributed by atoms with Crippen molar-refractivity contribution in [2.24, 2.45) is 0 Å². The van der Waals surface area contributed by atoms with Crippen LogP contribution in [0.1, 0.15) is 25.6 Å². The standard InChI is InChI=1S/C16H14Cl2O4.C15H13Cl2N3O2/c1-10(16(19)20-2)21-12-4-6-13(7-5-12)22-15-8-3-11(17)9-14(15)18;1-2-7-22-13-9-12(10(16)8-11(13)17)20-15(21)19-6-4-3-5-14(19)18-20/h3-10H,1-2H3;1,8-9H,3-7H2. The van der Waals surface area contributed by atoms with Gasteiger partial charge in [-0.25, -0.2) is 9.59 Å². The molecule has 3 aromatic carbocycles. The van der Waals surface area contributed by atoms with Gasteiger partial charge in [-0.3, -0.25) is 4.57 Å². The zero-order valence-electron chi connectivity index (χ0n) is 23.7. The van der Waals surface area contributed by atoms with Crippen molar-refractivity contribution in [3.63, 3.8) is 0 Å². The Hall–Kier alpha value is -3.81. The Morgan fingerprint density at radius 1 is 0.977 bits per heavy atom. The van der Waals surface area contributed by atoms with Crippen molar-refractivity contribution in [1.29, 1.82) is 0 Å². The first kappa shape index (κ1) is 33.1. The lowest BCUT2D eigenvalue weighted by Gasteiger charge is -2.13. The van der Waals surface area contributed by atoms with E-state index in [0.717, 1.165) is 25.1 Å². The molecule has 1 unspecified atom stereocenters. The van der Waals surface area contributed by atoms with Crippen molar-refractivity contribution in [2.45, 2.75) is 38.8 Å². The summed E-state index contributed by atoms with van der Waals surface area (Å²) in [6.07, 6.45) is 7.29. The van der Waals surface area contributed by atoms with E-state index in [4.69, 9.17) is 67.0 Å². The Morgan fingerprint density at radius 3 is 2.34 bits per heavy atom. The van der Waals surface area contributed by atoms with Crippen molar-refractivity contribution in [2.75, 3.05) is 13.7 Å². The summed E-state index contributed by atoms with van der Waals surface area (Å²) in [4.78, 5) is 23.8. The van der Waals surface area contributed by atoms with Crippen molar-refractivity contribution < 1.29 is 23.7 Å². The van der Waals surface area contributed by atoms with Crippen LogP contribution < -0.4 is 19.9 Å². The molecule has 0 spiro atoms. The third-order valence-corrected chi connectivity index (χ3v) is 7.43. The predicted octanol–water partition coefficient (Wildman–Crippen LogP) is 7.42. The van der Waals surface area contributed by atoms with Gasteiger partial charge in [0.25, 0.3) is 0 Å². The number of nitrogens with zero attached hydrogens (tertiary/aromatic N) is 3. The van der Waals surface area contributed by atoms with Crippen LogP contribution in [0.3, 0.4) is 0 Å². The van der Waals surface area contributed by atoms with Crippen LogP contribution in [0, 0.1) is 12.3 Å². The van der Waals surface area contributed by atoms with E-state index in [9.17, 15) is 9.59 Å². The second-order valence-electron chi connectivity index (χ2n) is 9.38. The van der Waals surface area contributed by atoms with E-state index < -0.39 is 12.1 Å². The second-order valence-corrected chi connectivity index (χ2v) is 11.0. The normalized spacial score (nSPS) is 12.6. The van der Waals surface area contributed by atoms with Crippen LogP contribution >= 0.6 is 46.4 Å². The number of rotatable bonds is 8.